The molecule has 1 aromatic heterocycles. The van der Waals surface area contributed by atoms with Gasteiger partial charge in [0.25, 0.3) is 0 Å². The van der Waals surface area contributed by atoms with Crippen molar-refractivity contribution in [2.45, 2.75) is 13.0 Å². The molecule has 3 aromatic carbocycles. The number of rotatable bonds is 3. The van der Waals surface area contributed by atoms with Gasteiger partial charge < -0.3 is 9.84 Å². The molecule has 0 aliphatic heterocycles. The average Bonchev–Trinajstić information content (AvgIpc) is 3.01. The molecule has 0 saturated heterocycles. The Balaban J connectivity index is 2.20. The van der Waals surface area contributed by atoms with E-state index in [2.05, 4.69) is 6.07 Å². The molecule has 4 aromatic rings. The Hall–Kier alpha value is -2.85. The highest BCUT2D eigenvalue weighted by Crippen LogP contribution is 2.37. The molecule has 0 amide bonds. The summed E-state index contributed by atoms with van der Waals surface area (Å²) in [4.78, 5) is 0. The molecular weight excluding hydrogens is 300 g/mol. The zero-order valence-corrected chi connectivity index (χ0v) is 13.6. The number of aromatic nitrogens is 2. The van der Waals surface area contributed by atoms with Gasteiger partial charge in [0.1, 0.15) is 5.75 Å². The van der Waals surface area contributed by atoms with E-state index >= 15 is 0 Å². The van der Waals surface area contributed by atoms with Gasteiger partial charge in [0, 0.05) is 16.2 Å². The summed E-state index contributed by atoms with van der Waals surface area (Å²) in [5.74, 6) is 0.785. The third kappa shape index (κ3) is 2.15. The predicted molar refractivity (Wildman–Crippen MR) is 95.8 cm³/mol. The van der Waals surface area contributed by atoms with Crippen LogP contribution in [0.2, 0.25) is 0 Å². The first-order valence-corrected chi connectivity index (χ1v) is 7.92. The van der Waals surface area contributed by atoms with Gasteiger partial charge in [-0.1, -0.05) is 42.5 Å². The lowest BCUT2D eigenvalue weighted by atomic mass is 10.0. The van der Waals surface area contributed by atoms with E-state index in [9.17, 15) is 5.11 Å². The maximum Gasteiger partial charge on any atom is 0.127 e. The molecular formula is C20H18N2O2. The number of para-hydroxylation sites is 1. The zero-order chi connectivity index (χ0) is 16.7. The topological polar surface area (TPSA) is 47.3 Å². The normalized spacial score (nSPS) is 12.6. The number of nitrogens with zero attached hydrogens (tertiary/aromatic N) is 2. The van der Waals surface area contributed by atoms with Crippen molar-refractivity contribution in [1.29, 1.82) is 0 Å². The molecule has 0 spiro atoms. The van der Waals surface area contributed by atoms with Crippen LogP contribution in [-0.4, -0.2) is 22.0 Å². The number of benzene rings is 3. The van der Waals surface area contributed by atoms with Crippen molar-refractivity contribution < 1.29 is 9.84 Å². The zero-order valence-electron chi connectivity index (χ0n) is 13.6. The number of methoxy groups -OCH3 is 1. The van der Waals surface area contributed by atoms with Gasteiger partial charge in [-0.2, -0.15) is 5.10 Å². The number of hydrogen-bond acceptors (Lipinski definition) is 3. The van der Waals surface area contributed by atoms with Crippen LogP contribution < -0.4 is 4.74 Å². The van der Waals surface area contributed by atoms with Crippen molar-refractivity contribution in [3.05, 3.63) is 66.4 Å². The van der Waals surface area contributed by atoms with E-state index in [-0.39, 0.29) is 0 Å². The fourth-order valence-electron chi connectivity index (χ4n) is 3.20. The highest BCUT2D eigenvalue weighted by atomic mass is 16.5. The summed E-state index contributed by atoms with van der Waals surface area (Å²) < 4.78 is 7.47. The summed E-state index contributed by atoms with van der Waals surface area (Å²) >= 11 is 0. The third-order valence-corrected chi connectivity index (χ3v) is 4.29. The maximum absolute atomic E-state index is 10.2. The summed E-state index contributed by atoms with van der Waals surface area (Å²) in [6.45, 7) is 1.73. The predicted octanol–water partition coefficient (Wildman–Crippen LogP) is 4.24. The smallest absolute Gasteiger partial charge is 0.127 e. The molecule has 1 heterocycles. The van der Waals surface area contributed by atoms with Crippen molar-refractivity contribution in [2.75, 3.05) is 7.11 Å². The van der Waals surface area contributed by atoms with Gasteiger partial charge in [-0.05, 0) is 25.1 Å². The molecule has 4 rings (SSSR count). The minimum atomic E-state index is -0.664. The maximum atomic E-state index is 10.2. The standard InChI is InChI=1S/C20H18N2O2/c1-13(23)19-17-12-18(24-2)15-10-6-7-11-16(15)20(17)22(21-19)14-8-4-3-5-9-14/h3-13,23H,1-2H3. The van der Waals surface area contributed by atoms with Crippen LogP contribution in [0, 0.1) is 0 Å². The Labute approximate surface area is 139 Å². The van der Waals surface area contributed by atoms with E-state index in [1.165, 1.54) is 0 Å². The average molecular weight is 318 g/mol. The quantitative estimate of drug-likeness (QED) is 0.614. The molecule has 24 heavy (non-hydrogen) atoms. The molecule has 0 radical (unpaired) electrons. The van der Waals surface area contributed by atoms with Crippen molar-refractivity contribution in [3.8, 4) is 11.4 Å². The molecule has 1 atom stereocenters. The van der Waals surface area contributed by atoms with Gasteiger partial charge >= 0.3 is 0 Å². The molecule has 0 saturated carbocycles. The van der Waals surface area contributed by atoms with Gasteiger partial charge in [-0.3, -0.25) is 0 Å². The van der Waals surface area contributed by atoms with E-state index < -0.39 is 6.10 Å². The second kappa shape index (κ2) is 5.65. The van der Waals surface area contributed by atoms with E-state index in [0.29, 0.717) is 5.69 Å². The van der Waals surface area contributed by atoms with Crippen molar-refractivity contribution in [1.82, 2.24) is 9.78 Å². The van der Waals surface area contributed by atoms with E-state index in [1.54, 1.807) is 14.0 Å². The highest BCUT2D eigenvalue weighted by molar-refractivity contribution is 6.10. The molecule has 4 nitrogen and oxygen atoms in total. The lowest BCUT2D eigenvalue weighted by molar-refractivity contribution is 0.195. The molecule has 0 aliphatic carbocycles. The van der Waals surface area contributed by atoms with Crippen LogP contribution in [0.5, 0.6) is 5.75 Å². The van der Waals surface area contributed by atoms with Crippen LogP contribution in [0.25, 0.3) is 27.4 Å². The fraction of sp³-hybridized carbons (Fsp3) is 0.150. The van der Waals surface area contributed by atoms with Gasteiger partial charge in [-0.15, -0.1) is 0 Å². The van der Waals surface area contributed by atoms with Gasteiger partial charge in [0.2, 0.25) is 0 Å². The van der Waals surface area contributed by atoms with Crippen LogP contribution in [-0.2, 0) is 0 Å². The molecule has 0 fully saturated rings. The Morgan fingerprint density at radius 3 is 2.29 bits per heavy atom. The van der Waals surface area contributed by atoms with Crippen LogP contribution >= 0.6 is 0 Å². The van der Waals surface area contributed by atoms with Crippen molar-refractivity contribution in [3.63, 3.8) is 0 Å². The van der Waals surface area contributed by atoms with Crippen molar-refractivity contribution in [2.24, 2.45) is 0 Å². The number of aliphatic hydroxyl groups excluding tert-OH is 1. The Kier molecular flexibility index (Phi) is 3.47. The van der Waals surface area contributed by atoms with E-state index in [0.717, 1.165) is 33.1 Å². The molecule has 1 unspecified atom stereocenters. The first kappa shape index (κ1) is 14.7. The first-order chi connectivity index (χ1) is 11.7. The Morgan fingerprint density at radius 1 is 0.958 bits per heavy atom. The molecule has 1 N–H and O–H groups in total. The number of hydrogen-bond donors (Lipinski definition) is 1. The van der Waals surface area contributed by atoms with E-state index in [1.807, 2.05) is 59.3 Å². The lowest BCUT2D eigenvalue weighted by Crippen LogP contribution is -1.98. The van der Waals surface area contributed by atoms with Crippen LogP contribution in [0.4, 0.5) is 0 Å². The summed E-state index contributed by atoms with van der Waals surface area (Å²) in [5, 5.41) is 17.9. The summed E-state index contributed by atoms with van der Waals surface area (Å²) in [7, 11) is 1.66. The number of fused-ring (bicyclic) bond motifs is 3. The minimum Gasteiger partial charge on any atom is -0.496 e. The highest BCUT2D eigenvalue weighted by Gasteiger charge is 2.19. The minimum absolute atomic E-state index is 0.651. The van der Waals surface area contributed by atoms with Crippen LogP contribution in [0.3, 0.4) is 0 Å². The van der Waals surface area contributed by atoms with Crippen LogP contribution in [0.15, 0.2) is 60.7 Å². The van der Waals surface area contributed by atoms with Gasteiger partial charge in [0.05, 0.1) is 30.1 Å². The van der Waals surface area contributed by atoms with Gasteiger partial charge in [0.15, 0.2) is 0 Å². The van der Waals surface area contributed by atoms with Crippen molar-refractivity contribution >= 4 is 21.7 Å². The summed E-state index contributed by atoms with van der Waals surface area (Å²) in [6, 6.07) is 20.0. The molecule has 120 valence electrons. The fourth-order valence-corrected chi connectivity index (χ4v) is 3.20. The SMILES string of the molecule is COc1cc2c(C(C)O)nn(-c3ccccc3)c2c2ccccc12. The Morgan fingerprint density at radius 2 is 1.62 bits per heavy atom. The summed E-state index contributed by atoms with van der Waals surface area (Å²) in [5.41, 5.74) is 2.59. The van der Waals surface area contributed by atoms with Gasteiger partial charge in [-0.25, -0.2) is 4.68 Å². The Bertz CT molecular complexity index is 1020. The molecule has 0 aliphatic rings. The largest absolute Gasteiger partial charge is 0.496 e. The first-order valence-electron chi connectivity index (χ1n) is 7.92. The second-order valence-electron chi connectivity index (χ2n) is 5.83. The molecule has 0 bridgehead atoms. The summed E-state index contributed by atoms with van der Waals surface area (Å²) in [6.07, 6.45) is -0.664. The molecule has 4 heteroatoms. The van der Waals surface area contributed by atoms with Crippen LogP contribution in [0.1, 0.15) is 18.7 Å². The number of aliphatic hydroxyl groups is 1. The van der Waals surface area contributed by atoms with E-state index in [4.69, 9.17) is 9.84 Å². The lowest BCUT2D eigenvalue weighted by Gasteiger charge is -2.09. The monoisotopic (exact) mass is 318 g/mol. The third-order valence-electron chi connectivity index (χ3n) is 4.29. The number of ether oxygens (including phenoxy) is 1. The second-order valence-corrected chi connectivity index (χ2v) is 5.83.